The molecule has 0 radical (unpaired) electrons. The van der Waals surface area contributed by atoms with Gasteiger partial charge < -0.3 is 5.32 Å². The molecule has 3 aromatic rings. The van der Waals surface area contributed by atoms with Crippen LogP contribution in [0.15, 0.2) is 83.8 Å². The van der Waals surface area contributed by atoms with E-state index in [0.29, 0.717) is 48.0 Å². The second-order valence-corrected chi connectivity index (χ2v) is 10.8. The second kappa shape index (κ2) is 11.2. The monoisotopic (exact) mass is 509 g/mol. The molecule has 4 rings (SSSR count). The van der Waals surface area contributed by atoms with Gasteiger partial charge in [-0.15, -0.1) is 0 Å². The van der Waals surface area contributed by atoms with Crippen molar-refractivity contribution in [1.29, 1.82) is 0 Å². The third-order valence-corrected chi connectivity index (χ3v) is 8.14. The van der Waals surface area contributed by atoms with Gasteiger partial charge in [0.15, 0.2) is 0 Å². The molecule has 1 amide bonds. The van der Waals surface area contributed by atoms with Gasteiger partial charge in [-0.2, -0.15) is 4.31 Å². The standard InChI is InChI=1S/C27H28ClN3O3S/c1-21-20-25(13-14-26(21)29-27(32)23-9-11-24(28)12-10-23)35(33,34)31-18-16-30(17-19-31)15-5-8-22-6-3-2-4-7-22/h2-14,20H,15-19H2,1H3,(H,29,32)/b8-5+. The summed E-state index contributed by atoms with van der Waals surface area (Å²) in [5, 5.41) is 3.39. The lowest BCUT2D eigenvalue weighted by atomic mass is 10.1. The van der Waals surface area contributed by atoms with Gasteiger partial charge in [-0.25, -0.2) is 8.42 Å². The van der Waals surface area contributed by atoms with Gasteiger partial charge in [-0.05, 0) is 60.5 Å². The van der Waals surface area contributed by atoms with Gasteiger partial charge in [0.05, 0.1) is 4.90 Å². The van der Waals surface area contributed by atoms with Gasteiger partial charge in [-0.1, -0.05) is 54.1 Å². The largest absolute Gasteiger partial charge is 0.322 e. The van der Waals surface area contributed by atoms with Crippen molar-refractivity contribution in [3.63, 3.8) is 0 Å². The Balaban J connectivity index is 1.35. The summed E-state index contributed by atoms with van der Waals surface area (Å²) in [6, 6.07) is 21.5. The van der Waals surface area contributed by atoms with E-state index >= 15 is 0 Å². The molecule has 0 aliphatic carbocycles. The highest BCUT2D eigenvalue weighted by molar-refractivity contribution is 7.89. The number of nitrogens with zero attached hydrogens (tertiary/aromatic N) is 2. The SMILES string of the molecule is Cc1cc(S(=O)(=O)N2CCN(C/C=C/c3ccccc3)CC2)ccc1NC(=O)c1ccc(Cl)cc1. The predicted molar refractivity (Wildman–Crippen MR) is 141 cm³/mol. The van der Waals surface area contributed by atoms with E-state index in [1.807, 2.05) is 18.2 Å². The molecule has 8 heteroatoms. The minimum Gasteiger partial charge on any atom is -0.322 e. The maximum atomic E-state index is 13.2. The Morgan fingerprint density at radius 2 is 1.66 bits per heavy atom. The fourth-order valence-electron chi connectivity index (χ4n) is 3.94. The minimum atomic E-state index is -3.61. The molecule has 1 N–H and O–H groups in total. The summed E-state index contributed by atoms with van der Waals surface area (Å²) >= 11 is 5.88. The summed E-state index contributed by atoms with van der Waals surface area (Å²) in [5.41, 5.74) is 2.87. The third kappa shape index (κ3) is 6.38. The smallest absolute Gasteiger partial charge is 0.255 e. The zero-order chi connectivity index (χ0) is 24.8. The first-order valence-electron chi connectivity index (χ1n) is 11.4. The van der Waals surface area contributed by atoms with E-state index < -0.39 is 10.0 Å². The topological polar surface area (TPSA) is 69.7 Å². The number of aryl methyl sites for hydroxylation is 1. The van der Waals surface area contributed by atoms with Crippen LogP contribution >= 0.6 is 11.6 Å². The molecule has 3 aromatic carbocycles. The van der Waals surface area contributed by atoms with Crippen LogP contribution in [0, 0.1) is 6.92 Å². The van der Waals surface area contributed by atoms with E-state index in [0.717, 1.165) is 12.1 Å². The Kier molecular flexibility index (Phi) is 8.03. The summed E-state index contributed by atoms with van der Waals surface area (Å²) < 4.78 is 28.0. The number of rotatable bonds is 7. The molecular formula is C27H28ClN3O3S. The molecule has 1 heterocycles. The van der Waals surface area contributed by atoms with E-state index in [4.69, 9.17) is 11.6 Å². The molecule has 182 valence electrons. The quantitative estimate of drug-likeness (QED) is 0.491. The van der Waals surface area contributed by atoms with Crippen molar-refractivity contribution in [2.24, 2.45) is 0 Å². The molecule has 1 aliphatic heterocycles. The number of sulfonamides is 1. The van der Waals surface area contributed by atoms with Crippen molar-refractivity contribution >= 4 is 39.3 Å². The Hall–Kier alpha value is -2.97. The number of piperazine rings is 1. The normalized spacial score (nSPS) is 15.4. The first-order valence-corrected chi connectivity index (χ1v) is 13.3. The van der Waals surface area contributed by atoms with E-state index in [2.05, 4.69) is 34.5 Å². The second-order valence-electron chi connectivity index (χ2n) is 8.46. The summed E-state index contributed by atoms with van der Waals surface area (Å²) in [5.74, 6) is -0.280. The van der Waals surface area contributed by atoms with Gasteiger partial charge in [0.1, 0.15) is 0 Å². The van der Waals surface area contributed by atoms with Gasteiger partial charge in [-0.3, -0.25) is 9.69 Å². The lowest BCUT2D eigenvalue weighted by molar-refractivity contribution is 0.102. The Labute approximate surface area is 211 Å². The number of anilines is 1. The van der Waals surface area contributed by atoms with E-state index in [1.165, 1.54) is 4.31 Å². The van der Waals surface area contributed by atoms with Crippen LogP contribution in [0.5, 0.6) is 0 Å². The van der Waals surface area contributed by atoms with Gasteiger partial charge in [0.25, 0.3) is 5.91 Å². The van der Waals surface area contributed by atoms with Crippen LogP contribution in [0.1, 0.15) is 21.5 Å². The minimum absolute atomic E-state index is 0.233. The number of benzene rings is 3. The van der Waals surface area contributed by atoms with Gasteiger partial charge in [0, 0.05) is 49.0 Å². The van der Waals surface area contributed by atoms with E-state index in [-0.39, 0.29) is 10.8 Å². The van der Waals surface area contributed by atoms with Crippen LogP contribution in [0.4, 0.5) is 5.69 Å². The van der Waals surface area contributed by atoms with Crippen molar-refractivity contribution in [1.82, 2.24) is 9.21 Å². The summed E-state index contributed by atoms with van der Waals surface area (Å²) in [7, 11) is -3.61. The molecule has 0 spiro atoms. The number of carbonyl (C=O) groups is 1. The number of nitrogens with one attached hydrogen (secondary N) is 1. The van der Waals surface area contributed by atoms with Crippen LogP contribution in [-0.4, -0.2) is 56.3 Å². The van der Waals surface area contributed by atoms with E-state index in [9.17, 15) is 13.2 Å². The highest BCUT2D eigenvalue weighted by Crippen LogP contribution is 2.24. The number of hydrogen-bond donors (Lipinski definition) is 1. The van der Waals surface area contributed by atoms with E-state index in [1.54, 1.807) is 49.4 Å². The predicted octanol–water partition coefficient (Wildman–Crippen LogP) is 4.92. The molecule has 0 bridgehead atoms. The molecular weight excluding hydrogens is 482 g/mol. The van der Waals surface area contributed by atoms with Crippen molar-refractivity contribution in [3.05, 3.63) is 101 Å². The lowest BCUT2D eigenvalue weighted by Gasteiger charge is -2.33. The lowest BCUT2D eigenvalue weighted by Crippen LogP contribution is -2.48. The van der Waals surface area contributed by atoms with Crippen LogP contribution in [0.2, 0.25) is 5.02 Å². The van der Waals surface area contributed by atoms with Crippen molar-refractivity contribution in [2.45, 2.75) is 11.8 Å². The average Bonchev–Trinajstić information content (AvgIpc) is 2.86. The Morgan fingerprint density at radius 1 is 0.971 bits per heavy atom. The molecule has 1 saturated heterocycles. The molecule has 0 aromatic heterocycles. The maximum Gasteiger partial charge on any atom is 0.255 e. The van der Waals surface area contributed by atoms with Crippen molar-refractivity contribution in [2.75, 3.05) is 38.0 Å². The number of amides is 1. The summed E-state index contributed by atoms with van der Waals surface area (Å²) in [6.07, 6.45) is 4.19. The first kappa shape index (κ1) is 25.1. The number of halogens is 1. The molecule has 0 saturated carbocycles. The maximum absolute atomic E-state index is 13.2. The van der Waals surface area contributed by atoms with Gasteiger partial charge >= 0.3 is 0 Å². The summed E-state index contributed by atoms with van der Waals surface area (Å²) in [4.78, 5) is 15.0. The first-order chi connectivity index (χ1) is 16.8. The fourth-order valence-corrected chi connectivity index (χ4v) is 5.57. The molecule has 6 nitrogen and oxygen atoms in total. The molecule has 35 heavy (non-hydrogen) atoms. The highest BCUT2D eigenvalue weighted by Gasteiger charge is 2.28. The van der Waals surface area contributed by atoms with Crippen LogP contribution < -0.4 is 5.32 Å². The fraction of sp³-hybridized carbons (Fsp3) is 0.222. The number of hydrogen-bond acceptors (Lipinski definition) is 4. The highest BCUT2D eigenvalue weighted by atomic mass is 35.5. The zero-order valence-corrected chi connectivity index (χ0v) is 21.1. The molecule has 1 aliphatic rings. The molecule has 1 fully saturated rings. The van der Waals surface area contributed by atoms with Gasteiger partial charge in [0.2, 0.25) is 10.0 Å². The van der Waals surface area contributed by atoms with Crippen LogP contribution in [-0.2, 0) is 10.0 Å². The van der Waals surface area contributed by atoms with Crippen LogP contribution in [0.3, 0.4) is 0 Å². The Bertz CT molecular complexity index is 1300. The Morgan fingerprint density at radius 3 is 2.31 bits per heavy atom. The van der Waals surface area contributed by atoms with Crippen LogP contribution in [0.25, 0.3) is 6.08 Å². The zero-order valence-electron chi connectivity index (χ0n) is 19.5. The number of carbonyl (C=O) groups excluding carboxylic acids is 1. The average molecular weight is 510 g/mol. The van der Waals surface area contributed by atoms with Crippen molar-refractivity contribution in [3.8, 4) is 0 Å². The summed E-state index contributed by atoms with van der Waals surface area (Å²) in [6.45, 7) is 4.79. The third-order valence-electron chi connectivity index (χ3n) is 5.99. The molecule has 0 unspecified atom stereocenters. The van der Waals surface area contributed by atoms with Crippen molar-refractivity contribution < 1.29 is 13.2 Å². The molecule has 0 atom stereocenters.